The average molecular weight is 391 g/mol. The SMILES string of the molecule is COC(=O)C1=C(Nc2cc(F)ccc2N2CCCC(C)C2)C(=O)N(CCO)C1. The van der Waals surface area contributed by atoms with Crippen molar-refractivity contribution >= 4 is 23.3 Å². The highest BCUT2D eigenvalue weighted by Crippen LogP contribution is 2.33. The summed E-state index contributed by atoms with van der Waals surface area (Å²) in [4.78, 5) is 28.4. The van der Waals surface area contributed by atoms with Gasteiger partial charge in [0.2, 0.25) is 0 Å². The van der Waals surface area contributed by atoms with Crippen molar-refractivity contribution in [1.29, 1.82) is 0 Å². The third kappa shape index (κ3) is 4.11. The predicted octanol–water partition coefficient (Wildman–Crippen LogP) is 1.74. The van der Waals surface area contributed by atoms with E-state index in [1.165, 1.54) is 24.1 Å². The number of anilines is 2. The average Bonchev–Trinajstić information content (AvgIpc) is 2.97. The molecule has 28 heavy (non-hydrogen) atoms. The van der Waals surface area contributed by atoms with Crippen LogP contribution in [0.3, 0.4) is 0 Å². The molecule has 0 bridgehead atoms. The number of benzene rings is 1. The Morgan fingerprint density at radius 2 is 2.21 bits per heavy atom. The van der Waals surface area contributed by atoms with Gasteiger partial charge >= 0.3 is 5.97 Å². The van der Waals surface area contributed by atoms with E-state index >= 15 is 0 Å². The Labute approximate surface area is 163 Å². The minimum absolute atomic E-state index is 0.0415. The lowest BCUT2D eigenvalue weighted by atomic mass is 9.99. The van der Waals surface area contributed by atoms with Gasteiger partial charge < -0.3 is 25.0 Å². The van der Waals surface area contributed by atoms with E-state index in [0.717, 1.165) is 31.6 Å². The summed E-state index contributed by atoms with van der Waals surface area (Å²) in [5, 5.41) is 12.2. The third-order valence-corrected chi connectivity index (χ3v) is 5.17. The Bertz CT molecular complexity index is 796. The fraction of sp³-hybridized carbons (Fsp3) is 0.500. The minimum Gasteiger partial charge on any atom is -0.466 e. The van der Waals surface area contributed by atoms with Gasteiger partial charge in [-0.25, -0.2) is 9.18 Å². The van der Waals surface area contributed by atoms with Crippen molar-refractivity contribution in [1.82, 2.24) is 4.90 Å². The maximum atomic E-state index is 14.0. The van der Waals surface area contributed by atoms with Gasteiger partial charge in [-0.2, -0.15) is 0 Å². The molecule has 0 aromatic heterocycles. The molecule has 2 heterocycles. The van der Waals surface area contributed by atoms with E-state index in [9.17, 15) is 19.1 Å². The molecular weight excluding hydrogens is 365 g/mol. The lowest BCUT2D eigenvalue weighted by Crippen LogP contribution is -2.35. The van der Waals surface area contributed by atoms with Gasteiger partial charge in [-0.3, -0.25) is 4.79 Å². The normalized spacial score (nSPS) is 20.0. The summed E-state index contributed by atoms with van der Waals surface area (Å²) in [6, 6.07) is 4.42. The Balaban J connectivity index is 1.95. The number of esters is 1. The summed E-state index contributed by atoms with van der Waals surface area (Å²) in [5.41, 5.74) is 1.46. The zero-order chi connectivity index (χ0) is 20.3. The van der Waals surface area contributed by atoms with Crippen molar-refractivity contribution in [3.05, 3.63) is 35.3 Å². The number of aliphatic hydroxyl groups is 1. The molecule has 2 aliphatic rings. The Morgan fingerprint density at radius 1 is 1.43 bits per heavy atom. The van der Waals surface area contributed by atoms with Crippen LogP contribution >= 0.6 is 0 Å². The number of piperidine rings is 1. The molecule has 1 fully saturated rings. The van der Waals surface area contributed by atoms with Crippen molar-refractivity contribution < 1.29 is 23.8 Å². The van der Waals surface area contributed by atoms with Crippen LogP contribution in [0.15, 0.2) is 29.5 Å². The van der Waals surface area contributed by atoms with Gasteiger partial charge in [0, 0.05) is 19.6 Å². The number of amides is 1. The zero-order valence-electron chi connectivity index (χ0n) is 16.2. The van der Waals surface area contributed by atoms with Gasteiger partial charge in [-0.05, 0) is 37.0 Å². The second-order valence-corrected chi connectivity index (χ2v) is 7.28. The summed E-state index contributed by atoms with van der Waals surface area (Å²) in [7, 11) is 1.24. The molecule has 0 spiro atoms. The van der Waals surface area contributed by atoms with Gasteiger partial charge in [0.1, 0.15) is 11.5 Å². The molecule has 8 heteroatoms. The number of nitrogens with zero attached hydrogens (tertiary/aromatic N) is 2. The van der Waals surface area contributed by atoms with Crippen LogP contribution in [0.2, 0.25) is 0 Å². The number of hydrogen-bond donors (Lipinski definition) is 2. The number of carbonyl (C=O) groups is 2. The molecule has 7 nitrogen and oxygen atoms in total. The second-order valence-electron chi connectivity index (χ2n) is 7.28. The van der Waals surface area contributed by atoms with Gasteiger partial charge in [-0.1, -0.05) is 6.92 Å². The Kier molecular flexibility index (Phi) is 6.18. The van der Waals surface area contributed by atoms with E-state index in [-0.39, 0.29) is 31.0 Å². The number of aliphatic hydroxyl groups excluding tert-OH is 1. The predicted molar refractivity (Wildman–Crippen MR) is 103 cm³/mol. The summed E-state index contributed by atoms with van der Waals surface area (Å²) < 4.78 is 18.8. The van der Waals surface area contributed by atoms with Crippen LogP contribution in [0.4, 0.5) is 15.8 Å². The number of methoxy groups -OCH3 is 1. The molecule has 1 atom stereocenters. The van der Waals surface area contributed by atoms with Crippen LogP contribution in [0.5, 0.6) is 0 Å². The lowest BCUT2D eigenvalue weighted by molar-refractivity contribution is -0.136. The number of hydrogen-bond acceptors (Lipinski definition) is 6. The molecule has 0 saturated carbocycles. The molecule has 152 valence electrons. The van der Waals surface area contributed by atoms with E-state index in [4.69, 9.17) is 4.74 Å². The largest absolute Gasteiger partial charge is 0.466 e. The quantitative estimate of drug-likeness (QED) is 0.719. The molecule has 2 N–H and O–H groups in total. The maximum absolute atomic E-state index is 14.0. The molecule has 3 rings (SSSR count). The highest BCUT2D eigenvalue weighted by Gasteiger charge is 2.35. The van der Waals surface area contributed by atoms with E-state index in [0.29, 0.717) is 11.6 Å². The third-order valence-electron chi connectivity index (χ3n) is 5.17. The van der Waals surface area contributed by atoms with Gasteiger partial charge in [0.05, 0.1) is 37.2 Å². The highest BCUT2D eigenvalue weighted by atomic mass is 19.1. The first-order valence-electron chi connectivity index (χ1n) is 9.47. The summed E-state index contributed by atoms with van der Waals surface area (Å²) in [6.07, 6.45) is 2.18. The van der Waals surface area contributed by atoms with Gasteiger partial charge in [0.15, 0.2) is 0 Å². The molecule has 1 amide bonds. The standard InChI is InChI=1S/C20H26FN3O4/c1-13-4-3-7-23(11-13)17-6-5-14(21)10-16(17)22-18-15(20(27)28-2)12-24(8-9-25)19(18)26/h5-6,10,13,22,25H,3-4,7-9,11-12H2,1-2H3. The first-order valence-corrected chi connectivity index (χ1v) is 9.47. The number of nitrogens with one attached hydrogen (secondary N) is 1. The Hall–Kier alpha value is -2.61. The molecule has 0 radical (unpaired) electrons. The van der Waals surface area contributed by atoms with Gasteiger partial charge in [0.25, 0.3) is 5.91 Å². The Morgan fingerprint density at radius 3 is 2.89 bits per heavy atom. The summed E-state index contributed by atoms with van der Waals surface area (Å²) in [6.45, 7) is 3.79. The van der Waals surface area contributed by atoms with Crippen LogP contribution in [-0.2, 0) is 14.3 Å². The van der Waals surface area contributed by atoms with Crippen LogP contribution in [0.25, 0.3) is 0 Å². The molecule has 1 saturated heterocycles. The van der Waals surface area contributed by atoms with Crippen molar-refractivity contribution in [2.24, 2.45) is 5.92 Å². The van der Waals surface area contributed by atoms with Crippen LogP contribution in [-0.4, -0.2) is 61.8 Å². The second kappa shape index (κ2) is 8.60. The van der Waals surface area contributed by atoms with E-state index in [1.54, 1.807) is 6.07 Å². The lowest BCUT2D eigenvalue weighted by Gasteiger charge is -2.34. The van der Waals surface area contributed by atoms with Crippen molar-refractivity contribution in [3.8, 4) is 0 Å². The first kappa shape index (κ1) is 20.1. The fourth-order valence-corrected chi connectivity index (χ4v) is 3.78. The number of ether oxygens (including phenoxy) is 1. The molecule has 2 aliphatic heterocycles. The number of halogens is 1. The number of carbonyl (C=O) groups excluding carboxylic acids is 2. The smallest absolute Gasteiger partial charge is 0.337 e. The number of rotatable bonds is 6. The molecule has 0 aliphatic carbocycles. The van der Waals surface area contributed by atoms with Crippen molar-refractivity contribution in [2.75, 3.05) is 50.1 Å². The molecule has 1 aromatic rings. The van der Waals surface area contributed by atoms with Crippen molar-refractivity contribution in [3.63, 3.8) is 0 Å². The van der Waals surface area contributed by atoms with Crippen LogP contribution < -0.4 is 10.2 Å². The molecule has 1 unspecified atom stereocenters. The monoisotopic (exact) mass is 391 g/mol. The minimum atomic E-state index is -0.624. The van der Waals surface area contributed by atoms with Gasteiger partial charge in [-0.15, -0.1) is 0 Å². The van der Waals surface area contributed by atoms with Crippen LogP contribution in [0, 0.1) is 11.7 Å². The molecule has 1 aromatic carbocycles. The summed E-state index contributed by atoms with van der Waals surface area (Å²) in [5.74, 6) is -0.962. The summed E-state index contributed by atoms with van der Waals surface area (Å²) >= 11 is 0. The first-order chi connectivity index (χ1) is 13.4. The highest BCUT2D eigenvalue weighted by molar-refractivity contribution is 6.09. The van der Waals surface area contributed by atoms with E-state index < -0.39 is 17.7 Å². The van der Waals surface area contributed by atoms with E-state index in [1.807, 2.05) is 0 Å². The number of β-amino-alcohol motifs (C(OH)–C–C–N with tert-alkyl or cyclic N) is 1. The van der Waals surface area contributed by atoms with Crippen molar-refractivity contribution in [2.45, 2.75) is 19.8 Å². The van der Waals surface area contributed by atoms with E-state index in [2.05, 4.69) is 17.1 Å². The molecular formula is C20H26FN3O4. The van der Waals surface area contributed by atoms with Crippen LogP contribution in [0.1, 0.15) is 19.8 Å². The fourth-order valence-electron chi connectivity index (χ4n) is 3.78. The maximum Gasteiger partial charge on any atom is 0.337 e. The topological polar surface area (TPSA) is 82.1 Å². The zero-order valence-corrected chi connectivity index (χ0v) is 16.2.